The summed E-state index contributed by atoms with van der Waals surface area (Å²) in [6, 6.07) is -2.84. The lowest BCUT2D eigenvalue weighted by Gasteiger charge is -2.48. The lowest BCUT2D eigenvalue weighted by Crippen LogP contribution is -2.69. The maximum atomic E-state index is 11.7. The fourth-order valence-corrected chi connectivity index (χ4v) is 4.86. The van der Waals surface area contributed by atoms with Crippen molar-refractivity contribution in [3.8, 4) is 0 Å². The number of hydrogen-bond acceptors (Lipinski definition) is 16. The van der Waals surface area contributed by atoms with Crippen LogP contribution in [0.5, 0.6) is 0 Å². The molecule has 232 valence electrons. The maximum Gasteiger partial charge on any atom is 0.217 e. The fraction of sp³-hybridized carbons (Fsp3) is 0.909. The van der Waals surface area contributed by atoms with Gasteiger partial charge in [0.05, 0.1) is 19.8 Å². The number of aliphatic hydroxyl groups excluding tert-OH is 9. The normalized spacial score (nSPS) is 46.0. The fourth-order valence-electron chi connectivity index (χ4n) is 4.86. The number of amides is 2. The molecule has 0 spiro atoms. The number of carbonyl (C=O) groups is 2. The number of nitrogens with one attached hydrogen (secondary N) is 2. The summed E-state index contributed by atoms with van der Waals surface area (Å²) in [5.74, 6) is -1.29. The van der Waals surface area contributed by atoms with Crippen molar-refractivity contribution in [2.75, 3.05) is 19.8 Å². The van der Waals surface area contributed by atoms with E-state index in [-0.39, 0.29) is 0 Å². The number of carbonyl (C=O) groups excluding carboxylic acids is 2. The third-order valence-electron chi connectivity index (χ3n) is 6.90. The molecule has 3 fully saturated rings. The van der Waals surface area contributed by atoms with E-state index < -0.39 is 124 Å². The third kappa shape index (κ3) is 7.05. The predicted molar refractivity (Wildman–Crippen MR) is 124 cm³/mol. The first-order valence-corrected chi connectivity index (χ1v) is 12.6. The second-order valence-electron chi connectivity index (χ2n) is 9.81. The molecule has 3 heterocycles. The average molecular weight is 587 g/mol. The Hall–Kier alpha value is -1.62. The number of aliphatic hydroxyl groups is 9. The third-order valence-corrected chi connectivity index (χ3v) is 6.90. The van der Waals surface area contributed by atoms with E-state index in [2.05, 4.69) is 10.6 Å². The summed E-state index contributed by atoms with van der Waals surface area (Å²) in [6.07, 6.45) is -21.4. The molecule has 11 N–H and O–H groups in total. The summed E-state index contributed by atoms with van der Waals surface area (Å²) in [4.78, 5) is 23.3. The van der Waals surface area contributed by atoms with Gasteiger partial charge in [0.1, 0.15) is 73.1 Å². The van der Waals surface area contributed by atoms with Crippen LogP contribution in [0, 0.1) is 0 Å². The van der Waals surface area contributed by atoms with E-state index in [1.54, 1.807) is 0 Å². The molecule has 18 heteroatoms. The van der Waals surface area contributed by atoms with E-state index in [1.165, 1.54) is 0 Å². The van der Waals surface area contributed by atoms with Gasteiger partial charge in [0, 0.05) is 13.8 Å². The Morgan fingerprint density at radius 1 is 0.600 bits per heavy atom. The molecule has 3 aliphatic rings. The first-order chi connectivity index (χ1) is 18.8. The summed E-state index contributed by atoms with van der Waals surface area (Å²) < 4.78 is 27.5. The van der Waals surface area contributed by atoms with Gasteiger partial charge in [-0.2, -0.15) is 0 Å². The van der Waals surface area contributed by atoms with Crippen LogP contribution in [0.3, 0.4) is 0 Å². The van der Waals surface area contributed by atoms with Gasteiger partial charge in [0.15, 0.2) is 18.9 Å². The Morgan fingerprint density at radius 3 is 1.65 bits per heavy atom. The molecule has 0 unspecified atom stereocenters. The van der Waals surface area contributed by atoms with Crippen LogP contribution in [0.25, 0.3) is 0 Å². The highest BCUT2D eigenvalue weighted by Gasteiger charge is 2.54. The van der Waals surface area contributed by atoms with E-state index in [0.29, 0.717) is 0 Å². The minimum atomic E-state index is -1.92. The van der Waals surface area contributed by atoms with Crippen molar-refractivity contribution in [3.63, 3.8) is 0 Å². The molecule has 0 aromatic rings. The van der Waals surface area contributed by atoms with Crippen molar-refractivity contribution < 1.29 is 79.2 Å². The van der Waals surface area contributed by atoms with Crippen molar-refractivity contribution >= 4 is 11.8 Å². The highest BCUT2D eigenvalue weighted by molar-refractivity contribution is 5.73. The Morgan fingerprint density at radius 2 is 1.10 bits per heavy atom. The zero-order valence-electron chi connectivity index (χ0n) is 21.7. The molecule has 0 aromatic heterocycles. The average Bonchev–Trinajstić information content (AvgIpc) is 2.90. The zero-order chi connectivity index (χ0) is 29.9. The Kier molecular flexibility index (Phi) is 11.5. The molecule has 40 heavy (non-hydrogen) atoms. The molecule has 3 aliphatic heterocycles. The SMILES string of the molecule is CC(=O)N[C@@H]1[C@@H](O)[C@H](O[C@@H]2O[C@H](CO)[C@H](O)[C@H](O[C@@H]3O[C@H](CO)[C@H](O)[C@H](O)[C@H]3NC(C)=O)[C@H]2O)[C@@H](CO)O[C@H]1O. The van der Waals surface area contributed by atoms with Gasteiger partial charge >= 0.3 is 0 Å². The van der Waals surface area contributed by atoms with Gasteiger partial charge in [0.25, 0.3) is 0 Å². The lowest BCUT2D eigenvalue weighted by atomic mass is 9.94. The van der Waals surface area contributed by atoms with Crippen LogP contribution in [-0.4, -0.2) is 170 Å². The van der Waals surface area contributed by atoms with E-state index in [9.17, 15) is 55.5 Å². The molecule has 2 amide bonds. The van der Waals surface area contributed by atoms with Gasteiger partial charge in [0.2, 0.25) is 11.8 Å². The predicted octanol–water partition coefficient (Wildman–Crippen LogP) is -7.29. The molecule has 3 saturated heterocycles. The summed E-state index contributed by atoms with van der Waals surface area (Å²) in [5, 5.41) is 97.2. The van der Waals surface area contributed by atoms with Crippen molar-refractivity contribution in [2.45, 2.75) is 106 Å². The van der Waals surface area contributed by atoms with Gasteiger partial charge in [-0.15, -0.1) is 0 Å². The molecule has 0 saturated carbocycles. The van der Waals surface area contributed by atoms with Crippen LogP contribution >= 0.6 is 0 Å². The van der Waals surface area contributed by atoms with Crippen molar-refractivity contribution in [2.24, 2.45) is 0 Å². The lowest BCUT2D eigenvalue weighted by molar-refractivity contribution is -0.367. The molecular formula is C22H38N2O16. The van der Waals surface area contributed by atoms with Crippen LogP contribution in [-0.2, 0) is 33.3 Å². The van der Waals surface area contributed by atoms with E-state index in [4.69, 9.17) is 23.7 Å². The molecule has 0 aromatic carbocycles. The topological polar surface area (TPSA) is 286 Å². The van der Waals surface area contributed by atoms with Crippen LogP contribution < -0.4 is 10.6 Å². The molecule has 15 atom stereocenters. The monoisotopic (exact) mass is 586 g/mol. The van der Waals surface area contributed by atoms with E-state index in [1.807, 2.05) is 0 Å². The second-order valence-corrected chi connectivity index (χ2v) is 9.81. The van der Waals surface area contributed by atoms with Crippen molar-refractivity contribution in [3.05, 3.63) is 0 Å². The highest BCUT2D eigenvalue weighted by atomic mass is 16.7. The van der Waals surface area contributed by atoms with Gasteiger partial charge in [-0.1, -0.05) is 0 Å². The first-order valence-electron chi connectivity index (χ1n) is 12.6. The smallest absolute Gasteiger partial charge is 0.217 e. The summed E-state index contributed by atoms with van der Waals surface area (Å²) in [7, 11) is 0. The van der Waals surface area contributed by atoms with Crippen LogP contribution in [0.1, 0.15) is 13.8 Å². The van der Waals surface area contributed by atoms with E-state index in [0.717, 1.165) is 13.8 Å². The van der Waals surface area contributed by atoms with E-state index >= 15 is 0 Å². The summed E-state index contributed by atoms with van der Waals surface area (Å²) in [5.41, 5.74) is 0. The quantitative estimate of drug-likeness (QED) is 0.120. The molecular weight excluding hydrogens is 548 g/mol. The Bertz CT molecular complexity index is 854. The summed E-state index contributed by atoms with van der Waals surface area (Å²) >= 11 is 0. The van der Waals surface area contributed by atoms with Gasteiger partial charge in [-0.3, -0.25) is 9.59 Å². The Labute approximate surface area is 228 Å². The standard InChI is InChI=1S/C22H38N2O16/c1-6(28)23-11-16(33)18(10(5-27)36-20(11)35)39-22-17(34)19(14(31)9(4-26)38-22)40-21-12(24-7(2)29)15(32)13(30)8(3-25)37-21/h8-22,25-27,30-35H,3-5H2,1-2H3,(H,23,28)(H,24,29)/t8-,9-,10-,11-,12-,13+,14+,15-,16-,17-,18-,19+,20-,21+,22+/m1/s1. The largest absolute Gasteiger partial charge is 0.394 e. The van der Waals surface area contributed by atoms with Crippen LogP contribution in [0.2, 0.25) is 0 Å². The summed E-state index contributed by atoms with van der Waals surface area (Å²) in [6.45, 7) is -0.140. The van der Waals surface area contributed by atoms with Gasteiger partial charge in [-0.05, 0) is 0 Å². The highest BCUT2D eigenvalue weighted by Crippen LogP contribution is 2.32. The zero-order valence-corrected chi connectivity index (χ0v) is 21.7. The van der Waals surface area contributed by atoms with Crippen molar-refractivity contribution in [1.29, 1.82) is 0 Å². The minimum Gasteiger partial charge on any atom is -0.394 e. The molecule has 0 radical (unpaired) electrons. The van der Waals surface area contributed by atoms with Crippen LogP contribution in [0.4, 0.5) is 0 Å². The molecule has 18 nitrogen and oxygen atoms in total. The minimum absolute atomic E-state index is 0.631. The Balaban J connectivity index is 1.85. The number of hydrogen-bond donors (Lipinski definition) is 11. The second kappa shape index (κ2) is 14.0. The number of ether oxygens (including phenoxy) is 5. The molecule has 3 rings (SSSR count). The molecule has 0 aliphatic carbocycles. The number of rotatable bonds is 9. The van der Waals surface area contributed by atoms with Crippen LogP contribution in [0.15, 0.2) is 0 Å². The van der Waals surface area contributed by atoms with Gasteiger partial charge in [-0.25, -0.2) is 0 Å². The molecule has 0 bridgehead atoms. The van der Waals surface area contributed by atoms with Gasteiger partial charge < -0.3 is 80.3 Å². The first kappa shape index (κ1) is 32.9. The maximum absolute atomic E-state index is 11.7. The van der Waals surface area contributed by atoms with Crippen molar-refractivity contribution in [1.82, 2.24) is 10.6 Å².